The normalized spacial score (nSPS) is 10.7. The van der Waals surface area contributed by atoms with Crippen LogP contribution in [0.2, 0.25) is 0 Å². The first kappa shape index (κ1) is 28.8. The summed E-state index contributed by atoms with van der Waals surface area (Å²) in [4.78, 5) is 39.0. The van der Waals surface area contributed by atoms with E-state index < -0.39 is 0 Å². The van der Waals surface area contributed by atoms with Crippen LogP contribution >= 0.6 is 0 Å². The number of carbonyl (C=O) groups excluding carboxylic acids is 3. The molecule has 4 aromatic rings. The lowest BCUT2D eigenvalue weighted by Crippen LogP contribution is -2.18. The highest BCUT2D eigenvalue weighted by Gasteiger charge is 2.17. The molecule has 0 saturated carbocycles. The van der Waals surface area contributed by atoms with E-state index in [-0.39, 0.29) is 29.6 Å². The molecule has 0 atom stereocenters. The molecule has 0 radical (unpaired) electrons. The molecule has 0 heterocycles. The minimum absolute atomic E-state index is 0.123. The van der Waals surface area contributed by atoms with Crippen molar-refractivity contribution in [3.8, 4) is 11.5 Å². The van der Waals surface area contributed by atoms with Crippen LogP contribution in [-0.2, 0) is 16.0 Å². The topological polar surface area (TPSA) is 93.7 Å². The first-order valence-electron chi connectivity index (χ1n) is 13.3. The summed E-state index contributed by atoms with van der Waals surface area (Å²) >= 11 is 0. The number of amides is 2. The highest BCUT2D eigenvalue weighted by Crippen LogP contribution is 2.25. The number of rotatable bonds is 12. The van der Waals surface area contributed by atoms with Crippen molar-refractivity contribution in [2.75, 3.05) is 24.4 Å². The standard InChI is InChI=1S/C34H32N2O5/c1-3-21-41-29-17-9-24(10-18-29)13-20-32(37)35-27-14-19-31(30(23-27)34(39)26-7-5-4-6-8-26)36-33(38)22-25-11-15-28(40-2)16-12-25/h4-20,23H,3,21-22H2,1-2H3,(H,35,37)(H,36,38)/b20-13+. The smallest absolute Gasteiger partial charge is 0.248 e. The van der Waals surface area contributed by atoms with Gasteiger partial charge in [-0.15, -0.1) is 0 Å². The molecule has 0 aromatic heterocycles. The fraction of sp³-hybridized carbons (Fsp3) is 0.147. The minimum atomic E-state index is -0.356. The molecule has 0 spiro atoms. The van der Waals surface area contributed by atoms with Crippen LogP contribution in [0.4, 0.5) is 11.4 Å². The third kappa shape index (κ3) is 8.41. The molecule has 4 aromatic carbocycles. The Kier molecular flexibility index (Phi) is 10.0. The van der Waals surface area contributed by atoms with E-state index in [4.69, 9.17) is 9.47 Å². The van der Waals surface area contributed by atoms with E-state index in [9.17, 15) is 14.4 Å². The van der Waals surface area contributed by atoms with Crippen molar-refractivity contribution in [2.24, 2.45) is 0 Å². The molecule has 0 aliphatic rings. The van der Waals surface area contributed by atoms with Crippen LogP contribution < -0.4 is 20.1 Å². The van der Waals surface area contributed by atoms with Gasteiger partial charge in [0.2, 0.25) is 11.8 Å². The number of methoxy groups -OCH3 is 1. The molecule has 7 nitrogen and oxygen atoms in total. The zero-order chi connectivity index (χ0) is 29.0. The molecule has 0 aliphatic carbocycles. The van der Waals surface area contributed by atoms with Crippen molar-refractivity contribution in [3.63, 3.8) is 0 Å². The highest BCUT2D eigenvalue weighted by molar-refractivity contribution is 6.15. The summed E-state index contributed by atoms with van der Waals surface area (Å²) in [6.45, 7) is 2.70. The molecule has 2 N–H and O–H groups in total. The Labute approximate surface area is 239 Å². The van der Waals surface area contributed by atoms with Crippen molar-refractivity contribution in [1.29, 1.82) is 0 Å². The summed E-state index contributed by atoms with van der Waals surface area (Å²) in [6, 6.07) is 28.3. The summed E-state index contributed by atoms with van der Waals surface area (Å²) in [5, 5.41) is 5.66. The Bertz CT molecular complexity index is 1510. The van der Waals surface area contributed by atoms with Crippen LogP contribution in [0.1, 0.15) is 40.4 Å². The van der Waals surface area contributed by atoms with Gasteiger partial charge in [0.15, 0.2) is 5.78 Å². The van der Waals surface area contributed by atoms with E-state index in [1.807, 2.05) is 49.4 Å². The molecular formula is C34H32N2O5. The van der Waals surface area contributed by atoms with Gasteiger partial charge in [0, 0.05) is 22.9 Å². The molecule has 0 bridgehead atoms. The second kappa shape index (κ2) is 14.3. The van der Waals surface area contributed by atoms with Gasteiger partial charge in [-0.05, 0) is 66.1 Å². The average Bonchev–Trinajstić information content (AvgIpc) is 3.00. The lowest BCUT2D eigenvalue weighted by Gasteiger charge is -2.13. The number of hydrogen-bond acceptors (Lipinski definition) is 5. The Morgan fingerprint density at radius 3 is 2.20 bits per heavy atom. The van der Waals surface area contributed by atoms with Gasteiger partial charge in [-0.2, -0.15) is 0 Å². The molecular weight excluding hydrogens is 516 g/mol. The largest absolute Gasteiger partial charge is 0.497 e. The maximum Gasteiger partial charge on any atom is 0.248 e. The van der Waals surface area contributed by atoms with E-state index >= 15 is 0 Å². The monoisotopic (exact) mass is 548 g/mol. The van der Waals surface area contributed by atoms with Crippen LogP contribution in [0.5, 0.6) is 11.5 Å². The molecule has 0 saturated heterocycles. The van der Waals surface area contributed by atoms with E-state index in [0.29, 0.717) is 29.3 Å². The second-order valence-electron chi connectivity index (χ2n) is 9.27. The Morgan fingerprint density at radius 2 is 1.51 bits per heavy atom. The number of carbonyl (C=O) groups is 3. The summed E-state index contributed by atoms with van der Waals surface area (Å²) < 4.78 is 10.8. The van der Waals surface area contributed by atoms with Gasteiger partial charge in [-0.3, -0.25) is 14.4 Å². The van der Waals surface area contributed by atoms with Gasteiger partial charge in [0.05, 0.1) is 25.8 Å². The molecule has 0 unspecified atom stereocenters. The van der Waals surface area contributed by atoms with Crippen molar-refractivity contribution in [3.05, 3.63) is 125 Å². The Balaban J connectivity index is 1.49. The Morgan fingerprint density at radius 1 is 0.805 bits per heavy atom. The molecule has 41 heavy (non-hydrogen) atoms. The predicted octanol–water partition coefficient (Wildman–Crippen LogP) is 6.55. The first-order valence-corrected chi connectivity index (χ1v) is 13.3. The van der Waals surface area contributed by atoms with Gasteiger partial charge in [-0.1, -0.05) is 61.5 Å². The SMILES string of the molecule is CCCOc1ccc(/C=C/C(=O)Nc2ccc(NC(=O)Cc3ccc(OC)cc3)c(C(=O)c3ccccc3)c2)cc1. The van der Waals surface area contributed by atoms with Crippen LogP contribution in [0, 0.1) is 0 Å². The summed E-state index contributed by atoms with van der Waals surface area (Å²) in [5.74, 6) is 0.573. The highest BCUT2D eigenvalue weighted by atomic mass is 16.5. The molecule has 7 heteroatoms. The average molecular weight is 549 g/mol. The van der Waals surface area contributed by atoms with Gasteiger partial charge < -0.3 is 20.1 Å². The Hall–Kier alpha value is -5.17. The number of anilines is 2. The molecule has 208 valence electrons. The molecule has 2 amide bonds. The van der Waals surface area contributed by atoms with Crippen molar-refractivity contribution < 1.29 is 23.9 Å². The number of ketones is 1. The van der Waals surface area contributed by atoms with Crippen LogP contribution in [-0.4, -0.2) is 31.3 Å². The quantitative estimate of drug-likeness (QED) is 0.155. The molecule has 4 rings (SSSR count). The van der Waals surface area contributed by atoms with E-state index in [2.05, 4.69) is 10.6 Å². The summed E-state index contributed by atoms with van der Waals surface area (Å²) in [6.07, 6.45) is 4.17. The number of hydrogen-bond donors (Lipinski definition) is 2. The van der Waals surface area contributed by atoms with Crippen LogP contribution in [0.25, 0.3) is 6.08 Å². The van der Waals surface area contributed by atoms with Crippen LogP contribution in [0.3, 0.4) is 0 Å². The van der Waals surface area contributed by atoms with Crippen molar-refractivity contribution in [1.82, 2.24) is 0 Å². The van der Waals surface area contributed by atoms with Gasteiger partial charge in [0.1, 0.15) is 11.5 Å². The lowest BCUT2D eigenvalue weighted by atomic mass is 10.0. The first-order chi connectivity index (χ1) is 19.9. The third-order valence-electron chi connectivity index (χ3n) is 6.15. The van der Waals surface area contributed by atoms with E-state index in [1.165, 1.54) is 6.08 Å². The third-order valence-corrected chi connectivity index (χ3v) is 6.15. The fourth-order valence-corrected chi connectivity index (χ4v) is 4.04. The van der Waals surface area contributed by atoms with Crippen molar-refractivity contribution in [2.45, 2.75) is 19.8 Å². The number of nitrogens with one attached hydrogen (secondary N) is 2. The zero-order valence-corrected chi connectivity index (χ0v) is 23.1. The molecule has 0 fully saturated rings. The van der Waals surface area contributed by atoms with Gasteiger partial charge in [0.25, 0.3) is 0 Å². The number of benzene rings is 4. The summed E-state index contributed by atoms with van der Waals surface area (Å²) in [7, 11) is 1.58. The summed E-state index contributed by atoms with van der Waals surface area (Å²) in [5.41, 5.74) is 3.17. The second-order valence-corrected chi connectivity index (χ2v) is 9.27. The maximum atomic E-state index is 13.4. The number of ether oxygens (including phenoxy) is 2. The molecule has 0 aliphatic heterocycles. The van der Waals surface area contributed by atoms with Gasteiger partial charge >= 0.3 is 0 Å². The fourth-order valence-electron chi connectivity index (χ4n) is 4.04. The predicted molar refractivity (Wildman–Crippen MR) is 162 cm³/mol. The van der Waals surface area contributed by atoms with Crippen LogP contribution in [0.15, 0.2) is 103 Å². The minimum Gasteiger partial charge on any atom is -0.497 e. The van der Waals surface area contributed by atoms with Crippen molar-refractivity contribution >= 4 is 35.0 Å². The lowest BCUT2D eigenvalue weighted by molar-refractivity contribution is -0.115. The maximum absolute atomic E-state index is 13.4. The zero-order valence-electron chi connectivity index (χ0n) is 23.1. The van der Waals surface area contributed by atoms with Gasteiger partial charge in [-0.25, -0.2) is 0 Å². The van der Waals surface area contributed by atoms with E-state index in [1.54, 1.807) is 67.8 Å². The van der Waals surface area contributed by atoms with E-state index in [0.717, 1.165) is 23.3 Å².